The van der Waals surface area contributed by atoms with Gasteiger partial charge in [-0.25, -0.2) is 4.98 Å². The Balaban J connectivity index is 1.28. The van der Waals surface area contributed by atoms with Gasteiger partial charge in [-0.2, -0.15) is 0 Å². The molecule has 1 N–H and O–H groups in total. The highest BCUT2D eigenvalue weighted by molar-refractivity contribution is 6.30. The minimum absolute atomic E-state index is 0.00674. The van der Waals surface area contributed by atoms with Crippen LogP contribution < -0.4 is 15.0 Å². The molecule has 0 bridgehead atoms. The molecule has 2 heterocycles. The van der Waals surface area contributed by atoms with Crippen molar-refractivity contribution in [2.24, 2.45) is 0 Å². The topological polar surface area (TPSA) is 74.8 Å². The van der Waals surface area contributed by atoms with E-state index >= 15 is 0 Å². The van der Waals surface area contributed by atoms with Crippen LogP contribution in [0.5, 0.6) is 5.75 Å². The smallest absolute Gasteiger partial charge is 0.260 e. The second-order valence-corrected chi connectivity index (χ2v) is 10.6. The van der Waals surface area contributed by atoms with Crippen molar-refractivity contribution in [3.05, 3.63) is 83.0 Å². The Morgan fingerprint density at radius 3 is 2.32 bits per heavy atom. The van der Waals surface area contributed by atoms with Gasteiger partial charge in [-0.05, 0) is 65.9 Å². The van der Waals surface area contributed by atoms with Crippen LogP contribution in [-0.4, -0.2) is 54.5 Å². The van der Waals surface area contributed by atoms with E-state index in [2.05, 4.69) is 36.0 Å². The summed E-state index contributed by atoms with van der Waals surface area (Å²) in [6, 6.07) is 18.4. The van der Waals surface area contributed by atoms with Crippen LogP contribution in [0, 0.1) is 0 Å². The number of benzene rings is 2. The summed E-state index contributed by atoms with van der Waals surface area (Å²) in [6.45, 7) is 9.15. The van der Waals surface area contributed by atoms with Gasteiger partial charge in [0.2, 0.25) is 0 Å². The Bertz CT molecular complexity index is 1210. The molecule has 7 nitrogen and oxygen atoms in total. The van der Waals surface area contributed by atoms with Crippen LogP contribution in [0.25, 0.3) is 0 Å². The maximum absolute atomic E-state index is 12.7. The van der Waals surface area contributed by atoms with Crippen LogP contribution in [0.1, 0.15) is 43.1 Å². The maximum atomic E-state index is 12.7. The van der Waals surface area contributed by atoms with Crippen molar-refractivity contribution in [1.82, 2.24) is 9.88 Å². The van der Waals surface area contributed by atoms with Crippen molar-refractivity contribution in [3.8, 4) is 5.75 Å². The highest BCUT2D eigenvalue weighted by Crippen LogP contribution is 2.23. The van der Waals surface area contributed by atoms with Crippen molar-refractivity contribution < 1.29 is 14.3 Å². The molecule has 0 radical (unpaired) electrons. The average molecular weight is 521 g/mol. The number of nitrogens with zero attached hydrogens (tertiary/aromatic N) is 3. The molecule has 2 amide bonds. The Kier molecular flexibility index (Phi) is 8.34. The number of amides is 2. The maximum Gasteiger partial charge on any atom is 0.260 e. The lowest BCUT2D eigenvalue weighted by Crippen LogP contribution is -2.38. The zero-order valence-corrected chi connectivity index (χ0v) is 22.3. The number of anilines is 2. The minimum Gasteiger partial charge on any atom is -0.484 e. The Labute approximate surface area is 223 Å². The summed E-state index contributed by atoms with van der Waals surface area (Å²) >= 11 is 5.89. The summed E-state index contributed by atoms with van der Waals surface area (Å²) in [6.07, 6.45) is 2.50. The zero-order valence-electron chi connectivity index (χ0n) is 21.5. The first-order valence-corrected chi connectivity index (χ1v) is 12.9. The van der Waals surface area contributed by atoms with Gasteiger partial charge < -0.3 is 19.9 Å². The fourth-order valence-electron chi connectivity index (χ4n) is 4.14. The summed E-state index contributed by atoms with van der Waals surface area (Å²) < 4.78 is 5.62. The summed E-state index contributed by atoms with van der Waals surface area (Å²) in [4.78, 5) is 33.9. The van der Waals surface area contributed by atoms with E-state index in [1.165, 1.54) is 5.56 Å². The summed E-state index contributed by atoms with van der Waals surface area (Å²) in [5, 5.41) is 3.54. The third-order valence-corrected chi connectivity index (χ3v) is 6.62. The number of carbonyl (C=O) groups is 2. The third-order valence-electron chi connectivity index (χ3n) is 6.37. The lowest BCUT2D eigenvalue weighted by molar-refractivity contribution is -0.133. The summed E-state index contributed by atoms with van der Waals surface area (Å²) in [7, 11) is 0. The van der Waals surface area contributed by atoms with Crippen molar-refractivity contribution in [1.29, 1.82) is 0 Å². The third kappa shape index (κ3) is 7.23. The standard InChI is InChI=1S/C29H33ClN4O3/c1-29(2,3)22-7-5-21(6-8-22)28(36)32-24-11-14-26(31-19-24)33-15-4-16-34(18-17-33)27(35)20-37-25-12-9-23(30)10-13-25/h5-14,19H,4,15-18,20H2,1-3H3,(H,32,36). The Morgan fingerprint density at radius 2 is 1.68 bits per heavy atom. The highest BCUT2D eigenvalue weighted by atomic mass is 35.5. The van der Waals surface area contributed by atoms with E-state index in [-0.39, 0.29) is 23.8 Å². The molecular formula is C29H33ClN4O3. The van der Waals surface area contributed by atoms with Crippen molar-refractivity contribution in [3.63, 3.8) is 0 Å². The number of nitrogens with one attached hydrogen (secondary N) is 1. The van der Waals surface area contributed by atoms with Crippen LogP contribution in [0.3, 0.4) is 0 Å². The monoisotopic (exact) mass is 520 g/mol. The van der Waals surface area contributed by atoms with Crippen LogP contribution in [0.4, 0.5) is 11.5 Å². The van der Waals surface area contributed by atoms with E-state index in [9.17, 15) is 9.59 Å². The first kappa shape index (κ1) is 26.5. The molecule has 0 atom stereocenters. The molecule has 1 aliphatic heterocycles. The van der Waals surface area contributed by atoms with E-state index in [1.54, 1.807) is 30.5 Å². The van der Waals surface area contributed by atoms with Gasteiger partial charge in [-0.3, -0.25) is 9.59 Å². The van der Waals surface area contributed by atoms with E-state index in [0.29, 0.717) is 41.7 Å². The van der Waals surface area contributed by atoms with Gasteiger partial charge in [-0.15, -0.1) is 0 Å². The molecule has 1 aromatic heterocycles. The predicted octanol–water partition coefficient (Wildman–Crippen LogP) is 5.40. The molecule has 37 heavy (non-hydrogen) atoms. The average Bonchev–Trinajstić information content (AvgIpc) is 3.15. The van der Waals surface area contributed by atoms with Gasteiger partial charge in [0, 0.05) is 36.8 Å². The number of hydrogen-bond donors (Lipinski definition) is 1. The fourth-order valence-corrected chi connectivity index (χ4v) is 4.26. The number of hydrogen-bond acceptors (Lipinski definition) is 5. The second-order valence-electron chi connectivity index (χ2n) is 10.2. The van der Waals surface area contributed by atoms with E-state index < -0.39 is 0 Å². The molecule has 3 aromatic rings. The van der Waals surface area contributed by atoms with Gasteiger partial charge in [-0.1, -0.05) is 44.5 Å². The molecule has 2 aromatic carbocycles. The molecule has 4 rings (SSSR count). The second kappa shape index (κ2) is 11.6. The number of ether oxygens (including phenoxy) is 1. The van der Waals surface area contributed by atoms with Gasteiger partial charge in [0.1, 0.15) is 11.6 Å². The zero-order chi connectivity index (χ0) is 26.4. The number of carbonyl (C=O) groups excluding carboxylic acids is 2. The summed E-state index contributed by atoms with van der Waals surface area (Å²) in [5.74, 6) is 1.23. The number of pyridine rings is 1. The number of halogens is 1. The van der Waals surface area contributed by atoms with Crippen LogP contribution in [0.2, 0.25) is 5.02 Å². The van der Waals surface area contributed by atoms with Gasteiger partial charge in [0.15, 0.2) is 6.61 Å². The number of rotatable bonds is 6. The molecule has 0 unspecified atom stereocenters. The lowest BCUT2D eigenvalue weighted by atomic mass is 9.87. The van der Waals surface area contributed by atoms with Gasteiger partial charge in [0.25, 0.3) is 11.8 Å². The van der Waals surface area contributed by atoms with Crippen molar-refractivity contribution in [2.45, 2.75) is 32.6 Å². The van der Waals surface area contributed by atoms with E-state index in [0.717, 1.165) is 18.8 Å². The molecule has 8 heteroatoms. The molecular weight excluding hydrogens is 488 g/mol. The van der Waals surface area contributed by atoms with Gasteiger partial charge in [0.05, 0.1) is 11.9 Å². The van der Waals surface area contributed by atoms with Crippen molar-refractivity contribution >= 4 is 34.9 Å². The highest BCUT2D eigenvalue weighted by Gasteiger charge is 2.20. The van der Waals surface area contributed by atoms with Crippen LogP contribution in [-0.2, 0) is 10.2 Å². The molecule has 1 aliphatic rings. The fraction of sp³-hybridized carbons (Fsp3) is 0.345. The van der Waals surface area contributed by atoms with Crippen LogP contribution >= 0.6 is 11.6 Å². The van der Waals surface area contributed by atoms with E-state index in [4.69, 9.17) is 16.3 Å². The van der Waals surface area contributed by atoms with Gasteiger partial charge >= 0.3 is 0 Å². The number of aromatic nitrogens is 1. The Morgan fingerprint density at radius 1 is 0.946 bits per heavy atom. The quantitative estimate of drug-likeness (QED) is 0.471. The molecule has 1 saturated heterocycles. The molecule has 0 spiro atoms. The normalized spacial score (nSPS) is 14.2. The molecule has 0 saturated carbocycles. The SMILES string of the molecule is CC(C)(C)c1ccc(C(=O)Nc2ccc(N3CCCN(C(=O)COc4ccc(Cl)cc4)CC3)nc2)cc1. The molecule has 0 aliphatic carbocycles. The first-order valence-electron chi connectivity index (χ1n) is 12.5. The minimum atomic E-state index is -0.167. The molecule has 1 fully saturated rings. The van der Waals surface area contributed by atoms with Crippen LogP contribution in [0.15, 0.2) is 66.9 Å². The lowest BCUT2D eigenvalue weighted by Gasteiger charge is -2.23. The first-order chi connectivity index (χ1) is 17.7. The largest absolute Gasteiger partial charge is 0.484 e. The van der Waals surface area contributed by atoms with Crippen molar-refractivity contribution in [2.75, 3.05) is 43.0 Å². The van der Waals surface area contributed by atoms with E-state index in [1.807, 2.05) is 41.3 Å². The predicted molar refractivity (Wildman–Crippen MR) is 148 cm³/mol. The summed E-state index contributed by atoms with van der Waals surface area (Å²) in [5.41, 5.74) is 2.47. The Hall–Kier alpha value is -3.58. The molecule has 194 valence electrons.